The van der Waals surface area contributed by atoms with Gasteiger partial charge in [0.05, 0.1) is 11.7 Å². The highest BCUT2D eigenvalue weighted by molar-refractivity contribution is 5.86. The van der Waals surface area contributed by atoms with Gasteiger partial charge in [-0.1, -0.05) is 90.5 Å². The molecule has 5 rings (SSSR count). The van der Waals surface area contributed by atoms with E-state index in [0.29, 0.717) is 0 Å². The lowest BCUT2D eigenvalue weighted by molar-refractivity contribution is 0.156. The zero-order chi connectivity index (χ0) is 22.6. The number of nitrogens with zero attached hydrogens (tertiary/aromatic N) is 2. The number of H-pyrrole nitrogens is 1. The maximum Gasteiger partial charge on any atom is 0.137 e. The molecule has 0 bridgehead atoms. The molecule has 0 spiro atoms. The van der Waals surface area contributed by atoms with Crippen molar-refractivity contribution in [3.8, 4) is 11.4 Å². The maximum atomic E-state index is 5.24. The van der Waals surface area contributed by atoms with Crippen molar-refractivity contribution in [1.29, 1.82) is 0 Å². The van der Waals surface area contributed by atoms with Crippen LogP contribution in [0, 0.1) is 13.8 Å². The predicted molar refractivity (Wildman–Crippen MR) is 157 cm³/mol. The van der Waals surface area contributed by atoms with Crippen LogP contribution in [-0.4, -0.2) is 41.0 Å². The van der Waals surface area contributed by atoms with Gasteiger partial charge in [0.15, 0.2) is 0 Å². The van der Waals surface area contributed by atoms with Crippen LogP contribution in [0.1, 0.15) is 40.0 Å². The van der Waals surface area contributed by atoms with Gasteiger partial charge in [0.2, 0.25) is 0 Å². The number of imidazole rings is 1. The highest BCUT2D eigenvalue weighted by Gasteiger charge is 2.35. The molecule has 36 heavy (non-hydrogen) atoms. The molecule has 3 aromatic carbocycles. The average Bonchev–Trinajstić information content (AvgIpc) is 3.25. The van der Waals surface area contributed by atoms with Gasteiger partial charge in [0, 0.05) is 43.4 Å². The number of nitrogens with one attached hydrogen (secondary N) is 2. The molecule has 0 saturated carbocycles. The number of aryl methyl sites for hydroxylation is 2. The van der Waals surface area contributed by atoms with Gasteiger partial charge < -0.3 is 10.3 Å². The molecule has 0 amide bonds. The highest BCUT2D eigenvalue weighted by Crippen LogP contribution is 2.42. The molecule has 2 heterocycles. The maximum absolute atomic E-state index is 5.24. The Morgan fingerprint density at radius 1 is 0.722 bits per heavy atom. The summed E-state index contributed by atoms with van der Waals surface area (Å²) >= 11 is 0. The largest absolute Gasteiger partial charge is 0.342 e. The van der Waals surface area contributed by atoms with Gasteiger partial charge in [0.1, 0.15) is 5.82 Å². The zero-order valence-corrected chi connectivity index (χ0v) is 23.1. The van der Waals surface area contributed by atoms with E-state index >= 15 is 0 Å². The molecule has 1 aliphatic heterocycles. The van der Waals surface area contributed by atoms with Gasteiger partial charge in [-0.05, 0) is 25.0 Å². The Kier molecular flexibility index (Phi) is 11.5. The van der Waals surface area contributed by atoms with Crippen LogP contribution < -0.4 is 5.32 Å². The van der Waals surface area contributed by atoms with E-state index in [-0.39, 0.29) is 49.2 Å². The summed E-state index contributed by atoms with van der Waals surface area (Å²) in [4.78, 5) is 11.5. The third kappa shape index (κ3) is 6.50. The highest BCUT2D eigenvalue weighted by atomic mass is 35.5. The molecular weight excluding hydrogens is 511 g/mol. The first kappa shape index (κ1) is 29.9. The van der Waals surface area contributed by atoms with Gasteiger partial charge >= 0.3 is 0 Å². The van der Waals surface area contributed by atoms with Crippen LogP contribution in [0.2, 0.25) is 0 Å². The van der Waals surface area contributed by atoms with E-state index < -0.39 is 0 Å². The van der Waals surface area contributed by atoms with Crippen molar-refractivity contribution < 1.29 is 0 Å². The van der Waals surface area contributed by atoms with Gasteiger partial charge in [0.25, 0.3) is 0 Å². The number of hydrogen-bond acceptors (Lipinski definition) is 3. The molecule has 4 nitrogen and oxygen atoms in total. The van der Waals surface area contributed by atoms with Crippen molar-refractivity contribution in [2.24, 2.45) is 0 Å². The van der Waals surface area contributed by atoms with Crippen LogP contribution in [0.25, 0.3) is 11.4 Å². The molecule has 192 valence electrons. The smallest absolute Gasteiger partial charge is 0.137 e. The lowest BCUT2D eigenvalue weighted by atomic mass is 9.82. The number of aromatic amines is 1. The van der Waals surface area contributed by atoms with Crippen molar-refractivity contribution in [2.75, 3.05) is 26.2 Å². The minimum absolute atomic E-state index is 0. The van der Waals surface area contributed by atoms with E-state index in [9.17, 15) is 0 Å². The lowest BCUT2D eigenvalue weighted by Crippen LogP contribution is -2.47. The average molecular weight is 546 g/mol. The van der Waals surface area contributed by atoms with E-state index in [0.717, 1.165) is 49.0 Å². The molecule has 2 N–H and O–H groups in total. The summed E-state index contributed by atoms with van der Waals surface area (Å²) in [6, 6.07) is 30.6. The first-order chi connectivity index (χ1) is 16.2. The molecule has 1 saturated heterocycles. The number of benzene rings is 3. The summed E-state index contributed by atoms with van der Waals surface area (Å²) in [5, 5.41) is 3.52. The second kappa shape index (κ2) is 13.8. The Hall–Kier alpha value is -2.34. The SMILES string of the molecule is Cc1ccc(-c2nc(C(C(c3ccccc3)c3ccccc3)N3CCNCC3)c(C)[nH]2)cc1.Cl.Cl.Cl. The van der Waals surface area contributed by atoms with Gasteiger partial charge in [-0.3, -0.25) is 4.90 Å². The van der Waals surface area contributed by atoms with Gasteiger partial charge in [-0.25, -0.2) is 4.98 Å². The zero-order valence-electron chi connectivity index (χ0n) is 20.7. The van der Waals surface area contributed by atoms with E-state index in [1.54, 1.807) is 0 Å². The first-order valence-electron chi connectivity index (χ1n) is 11.9. The molecule has 0 aliphatic carbocycles. The van der Waals surface area contributed by atoms with Crippen LogP contribution in [0.3, 0.4) is 0 Å². The summed E-state index contributed by atoms with van der Waals surface area (Å²) < 4.78 is 0. The van der Waals surface area contributed by atoms with E-state index in [1.807, 2.05) is 0 Å². The number of aromatic nitrogens is 2. The van der Waals surface area contributed by atoms with Gasteiger partial charge in [-0.15, -0.1) is 37.2 Å². The monoisotopic (exact) mass is 544 g/mol. The summed E-state index contributed by atoms with van der Waals surface area (Å²) in [6.07, 6.45) is 0. The number of halogens is 3. The molecule has 0 radical (unpaired) electrons. The minimum atomic E-state index is 0. The fourth-order valence-electron chi connectivity index (χ4n) is 4.99. The van der Waals surface area contributed by atoms with Crippen molar-refractivity contribution >= 4 is 37.2 Å². The molecule has 4 aromatic rings. The number of hydrogen-bond donors (Lipinski definition) is 2. The normalized spacial score (nSPS) is 14.3. The van der Waals surface area contributed by atoms with Crippen LogP contribution in [0.4, 0.5) is 0 Å². The molecule has 1 aliphatic rings. The quantitative estimate of drug-likeness (QED) is 0.282. The Morgan fingerprint density at radius 2 is 1.25 bits per heavy atom. The Labute approximate surface area is 233 Å². The van der Waals surface area contributed by atoms with Crippen molar-refractivity contribution in [2.45, 2.75) is 25.8 Å². The molecular formula is C29H35Cl3N4. The molecule has 1 fully saturated rings. The second-order valence-corrected chi connectivity index (χ2v) is 8.99. The van der Waals surface area contributed by atoms with Crippen LogP contribution in [0.15, 0.2) is 84.9 Å². The fourth-order valence-corrected chi connectivity index (χ4v) is 4.99. The van der Waals surface area contributed by atoms with Gasteiger partial charge in [-0.2, -0.15) is 0 Å². The minimum Gasteiger partial charge on any atom is -0.342 e. The lowest BCUT2D eigenvalue weighted by Gasteiger charge is -2.39. The topological polar surface area (TPSA) is 44.0 Å². The third-order valence-corrected chi connectivity index (χ3v) is 6.71. The van der Waals surface area contributed by atoms with Crippen molar-refractivity contribution in [1.82, 2.24) is 20.2 Å². The number of rotatable bonds is 6. The summed E-state index contributed by atoms with van der Waals surface area (Å²) in [6.45, 7) is 8.30. The molecule has 1 atom stereocenters. The Morgan fingerprint density at radius 3 is 1.78 bits per heavy atom. The van der Waals surface area contributed by atoms with E-state index in [4.69, 9.17) is 4.98 Å². The first-order valence-corrected chi connectivity index (χ1v) is 11.9. The van der Waals surface area contributed by atoms with E-state index in [1.165, 1.54) is 16.7 Å². The molecule has 1 aromatic heterocycles. The third-order valence-electron chi connectivity index (χ3n) is 6.71. The standard InChI is InChI=1S/C29H32N4.3ClH/c1-21-13-15-25(16-14-21)29-31-22(2)27(32-29)28(33-19-17-30-18-20-33)26(23-9-5-3-6-10-23)24-11-7-4-8-12-24;;;/h3-16,26,28,30H,17-20H2,1-2H3,(H,31,32);3*1H. The van der Waals surface area contributed by atoms with Crippen LogP contribution in [-0.2, 0) is 0 Å². The van der Waals surface area contributed by atoms with Crippen LogP contribution in [0.5, 0.6) is 0 Å². The molecule has 1 unspecified atom stereocenters. The fraction of sp³-hybridized carbons (Fsp3) is 0.276. The summed E-state index contributed by atoms with van der Waals surface area (Å²) in [5.74, 6) is 1.14. The van der Waals surface area contributed by atoms with Crippen molar-refractivity contribution in [3.63, 3.8) is 0 Å². The Balaban J connectivity index is 0.00000152. The van der Waals surface area contributed by atoms with Crippen LogP contribution >= 0.6 is 37.2 Å². The van der Waals surface area contributed by atoms with Crippen molar-refractivity contribution in [3.05, 3.63) is 113 Å². The number of piperazine rings is 1. The predicted octanol–water partition coefficient (Wildman–Crippen LogP) is 6.74. The van der Waals surface area contributed by atoms with E-state index in [2.05, 4.69) is 114 Å². The molecule has 7 heteroatoms. The second-order valence-electron chi connectivity index (χ2n) is 8.99. The summed E-state index contributed by atoms with van der Waals surface area (Å²) in [5.41, 5.74) is 7.33. The Bertz CT molecular complexity index is 1130. The summed E-state index contributed by atoms with van der Waals surface area (Å²) in [7, 11) is 0.